The minimum atomic E-state index is -1.34. The zero-order chi connectivity index (χ0) is 99.8. The third-order valence-electron chi connectivity index (χ3n) is 17.5. The molecule has 5 aromatic heterocycles. The maximum Gasteiger partial charge on any atom is 2.00 e. The van der Waals surface area contributed by atoms with Crippen molar-refractivity contribution >= 4 is 165 Å². The Balaban J connectivity index is 0. The number of para-hydroxylation sites is 5. The number of rotatable bonds is 14. The molecule has 25 nitrogen and oxygen atoms in total. The SMILES string of the molecule is CC(C)(C)[S@@](=O)N=Cc1cc2ccccc2nc1-c1ccccc1.CC(C)(C)[S@](N)=O.CCO.CCO.CCO.CCO.CO.C[C@H](N)c1cc2ccccc2nc1-c1ccccc1.C[C@H](N[S@](=O)C(C)(C)C)c1cc2ccccc2nc1-c1ccccc1.N=NN=NCl.O=Cc1cc2ccccc2nc1-c1ccccc1.O=Cc1cc2ccccc2nc1Cl.OB(O)c1ccccc1.[Br-].[CH3-].[Mg+2].[Ti]. The van der Waals surface area contributed by atoms with E-state index in [-0.39, 0.29) is 127 Å². The van der Waals surface area contributed by atoms with Crippen molar-refractivity contribution in [2.24, 2.45) is 30.4 Å². The maximum atomic E-state index is 12.5. The maximum absolute atomic E-state index is 12.5. The number of aliphatic hydroxyl groups is 5. The van der Waals surface area contributed by atoms with Crippen LogP contribution in [0.1, 0.15) is 153 Å². The number of nitrogens with zero attached hydrogens (tertiary/aromatic N) is 9. The van der Waals surface area contributed by atoms with Crippen molar-refractivity contribution in [2.45, 2.75) is 130 Å². The van der Waals surface area contributed by atoms with E-state index in [1.54, 1.807) is 64.2 Å². The minimum absolute atomic E-state index is 0. The summed E-state index contributed by atoms with van der Waals surface area (Å²) in [6.45, 7) is 28.9. The van der Waals surface area contributed by atoms with Crippen molar-refractivity contribution in [3.05, 3.63) is 344 Å². The van der Waals surface area contributed by atoms with Crippen molar-refractivity contribution in [2.75, 3.05) is 33.5 Å². The van der Waals surface area contributed by atoms with Gasteiger partial charge >= 0.3 is 30.2 Å². The molecule has 0 spiro atoms. The number of aliphatic hydroxyl groups excluding tert-OH is 5. The van der Waals surface area contributed by atoms with E-state index in [1.807, 2.05) is 301 Å². The van der Waals surface area contributed by atoms with Crippen LogP contribution in [0, 0.1) is 13.0 Å². The summed E-state index contributed by atoms with van der Waals surface area (Å²) < 4.78 is 44.3. The average molecular weight is 2080 g/mol. The van der Waals surface area contributed by atoms with E-state index in [1.165, 1.54) is 0 Å². The molecule has 34 heteroatoms. The zero-order valence-corrected chi connectivity index (χ0v) is 89.6. The van der Waals surface area contributed by atoms with E-state index in [9.17, 15) is 22.2 Å². The van der Waals surface area contributed by atoms with Gasteiger partial charge in [0.1, 0.15) is 16.1 Å². The molecule has 13 N–H and O–H groups in total. The fraction of sp³-hybridized carbons (Fsp3) is 0.240. The third-order valence-corrected chi connectivity index (χ3v) is 22.2. The molecule has 0 saturated heterocycles. The van der Waals surface area contributed by atoms with Crippen LogP contribution in [-0.2, 0) is 54.7 Å². The Morgan fingerprint density at radius 3 is 0.993 bits per heavy atom. The Hall–Kier alpha value is -9.88. The molecular formula is C104H127BBrCl2MgN13O12S3Ti. The van der Waals surface area contributed by atoms with Crippen LogP contribution in [0.5, 0.6) is 0 Å². The van der Waals surface area contributed by atoms with Crippen molar-refractivity contribution in [1.82, 2.24) is 29.6 Å². The van der Waals surface area contributed by atoms with E-state index < -0.39 is 40.1 Å². The summed E-state index contributed by atoms with van der Waals surface area (Å²) in [5.74, 6) is 0. The standard InChI is InChI=1S/C21H24N2OS.C20H20N2OS.C17H16N2.C16H11NO.C10H6ClNO.C6H7BO2.C4H11NOS.4C2H6O.CH4O.CH3.BrH.ClHN4.Mg.Ti/c1-15(23-25(24)21(2,3)4)18-14-17-12-8-9-13-19(17)22-20(18)16-10-6-5-7-11-16;1-20(2,3)24(23)21-14-17-13-16-11-7-8-12-18(16)22-19(17)15-9-5-4-6-10-15;1-12(18)15-11-14-9-5-6-10-16(14)19-17(15)13-7-3-2-4-8-13;18-11-14-10-13-8-4-5-9-15(13)17-16(14)12-6-2-1-3-7-12;11-10-8(6-13)5-7-3-1-2-4-9(7)12-10;8-7(9)6-4-2-1-3-5-6;1-4(2,3)7(5)6;4*1-2-3;1-2;;;1-3-5-4-2;;/h5-15,23H,1-4H3;4-14H,1-3H3;2-12H,18H2,1H3;1-11H;1-6H;1-5,8-9H;5H2,1-3H3;4*3H,2H2,1H3;2H,1H3;1H3;1H;2H;;/q;;;;;;;;;;;;-1;;;+2;/p-1/t15-,25+;24-;12-;;;;7-;;;;;;;;;;/m010...1........../s1. The van der Waals surface area contributed by atoms with Gasteiger partial charge in [-0.1, -0.05) is 259 Å². The summed E-state index contributed by atoms with van der Waals surface area (Å²) in [6, 6.07) is 98.2. The molecule has 0 bridgehead atoms. The number of pyridine rings is 5. The first kappa shape index (κ1) is 130. The normalized spacial score (nSPS) is 11.3. The molecule has 15 aromatic rings. The fourth-order valence-electron chi connectivity index (χ4n) is 11.2. The van der Waals surface area contributed by atoms with Gasteiger partial charge in [0.25, 0.3) is 0 Å². The molecule has 0 amide bonds. The molecule has 0 saturated carbocycles. The van der Waals surface area contributed by atoms with E-state index in [0.717, 1.165) is 130 Å². The summed E-state index contributed by atoms with van der Waals surface area (Å²) in [5, 5.41) is 70.0. The van der Waals surface area contributed by atoms with Crippen LogP contribution < -0.4 is 38.0 Å². The monoisotopic (exact) mass is 2080 g/mol. The molecule has 138 heavy (non-hydrogen) atoms. The van der Waals surface area contributed by atoms with Gasteiger partial charge in [0, 0.05) is 134 Å². The summed E-state index contributed by atoms with van der Waals surface area (Å²) in [4.78, 5) is 44.9. The topological polar surface area (TPSA) is 429 Å². The van der Waals surface area contributed by atoms with Gasteiger partial charge in [-0.15, -0.1) is 0 Å². The van der Waals surface area contributed by atoms with Gasteiger partial charge in [-0.25, -0.2) is 42.3 Å². The molecule has 0 radical (unpaired) electrons. The van der Waals surface area contributed by atoms with Crippen LogP contribution >= 0.6 is 23.4 Å². The molecule has 0 aliphatic carbocycles. The van der Waals surface area contributed by atoms with Crippen molar-refractivity contribution in [3.8, 4) is 45.0 Å². The van der Waals surface area contributed by atoms with Crippen LogP contribution in [-0.4, -0.2) is 170 Å². The quantitative estimate of drug-likeness (QED) is 0.00916. The van der Waals surface area contributed by atoms with Gasteiger partial charge in [-0.2, -0.15) is 9.93 Å². The summed E-state index contributed by atoms with van der Waals surface area (Å²) >= 11 is 10.3. The Kier molecular flexibility index (Phi) is 67.5. The Labute approximate surface area is 872 Å². The van der Waals surface area contributed by atoms with E-state index >= 15 is 0 Å². The number of halogens is 3. The van der Waals surface area contributed by atoms with Crippen LogP contribution in [0.25, 0.3) is 99.5 Å². The summed E-state index contributed by atoms with van der Waals surface area (Å²) in [7, 11) is -3.96. The van der Waals surface area contributed by atoms with E-state index in [4.69, 9.17) is 78.5 Å². The molecule has 10 aromatic carbocycles. The average Bonchev–Trinajstić information content (AvgIpc) is 0.765. The molecule has 0 unspecified atom stereocenters. The number of nitrogens with one attached hydrogen (secondary N) is 2. The Morgan fingerprint density at radius 2 is 0.710 bits per heavy atom. The molecule has 728 valence electrons. The zero-order valence-electron chi connectivity index (χ0n) is 81.1. The molecule has 5 heterocycles. The smallest absolute Gasteiger partial charge is 1.00 e. The van der Waals surface area contributed by atoms with Crippen molar-refractivity contribution in [3.63, 3.8) is 0 Å². The fourth-order valence-corrected chi connectivity index (χ4v) is 12.8. The first-order chi connectivity index (χ1) is 64.1. The Morgan fingerprint density at radius 1 is 0.442 bits per heavy atom. The van der Waals surface area contributed by atoms with Crippen LogP contribution in [0.4, 0.5) is 0 Å². The molecule has 5 atom stereocenters. The van der Waals surface area contributed by atoms with Gasteiger partial charge in [0.05, 0.1) is 104 Å². The van der Waals surface area contributed by atoms with Gasteiger partial charge in [-0.3, -0.25) is 14.7 Å². The van der Waals surface area contributed by atoms with Crippen LogP contribution in [0.2, 0.25) is 5.15 Å². The first-order valence-corrected chi connectivity index (χ1v) is 46.8. The number of aldehydes is 2. The number of hydrogen-bond donors (Lipinski definition) is 11. The molecule has 0 fully saturated rings. The summed E-state index contributed by atoms with van der Waals surface area (Å²) in [6.07, 6.45) is 3.26. The van der Waals surface area contributed by atoms with Crippen LogP contribution in [0.3, 0.4) is 0 Å². The van der Waals surface area contributed by atoms with Gasteiger partial charge in [0.2, 0.25) is 0 Å². The first-order valence-electron chi connectivity index (χ1n) is 42.6. The number of aromatic nitrogens is 5. The van der Waals surface area contributed by atoms with E-state index in [0.29, 0.717) is 22.9 Å². The molecule has 15 rings (SSSR count). The predicted molar refractivity (Wildman–Crippen MR) is 569 cm³/mol. The van der Waals surface area contributed by atoms with Crippen molar-refractivity contribution in [1.29, 1.82) is 5.53 Å². The van der Waals surface area contributed by atoms with Crippen LogP contribution in [0.15, 0.2) is 323 Å². The summed E-state index contributed by atoms with van der Waals surface area (Å²) in [5.41, 5.74) is 28.9. The van der Waals surface area contributed by atoms with Crippen molar-refractivity contribution < 1.29 is 96.5 Å². The van der Waals surface area contributed by atoms with Gasteiger partial charge in [0.15, 0.2) is 12.6 Å². The Bertz CT molecular complexity index is 6130. The number of fused-ring (bicyclic) bond motifs is 5. The number of carbonyl (C=O) groups excluding carboxylic acids is 2. The minimum Gasteiger partial charge on any atom is -1.00 e. The number of benzene rings is 10. The second-order valence-corrected chi connectivity index (χ2v) is 37.3. The van der Waals surface area contributed by atoms with Gasteiger partial charge < -0.3 is 65.7 Å². The molecule has 0 aliphatic heterocycles. The third kappa shape index (κ3) is 46.5. The molecular weight excluding hydrogens is 1950 g/mol. The largest absolute Gasteiger partial charge is 2.00 e. The second kappa shape index (κ2) is 71.5. The number of carbonyl (C=O) groups is 2. The van der Waals surface area contributed by atoms with Gasteiger partial charge in [-0.05, 0) is 192 Å². The number of hydrogen-bond acceptors (Lipinski definition) is 20. The van der Waals surface area contributed by atoms with E-state index in [2.05, 4.69) is 94.5 Å². The second-order valence-electron chi connectivity index (χ2n) is 31.1. The predicted octanol–water partition coefficient (Wildman–Crippen LogP) is 18.1. The number of nitrogens with two attached hydrogens (primary N) is 2. The molecule has 0 aliphatic rings.